The fourth-order valence-electron chi connectivity index (χ4n) is 6.40. The number of hydrogen-bond acceptors (Lipinski definition) is 7. The summed E-state index contributed by atoms with van der Waals surface area (Å²) in [7, 11) is -4.20. The van der Waals surface area contributed by atoms with E-state index < -0.39 is 52.8 Å². The van der Waals surface area contributed by atoms with Gasteiger partial charge in [-0.2, -0.15) is 4.31 Å². The van der Waals surface area contributed by atoms with Crippen molar-refractivity contribution in [1.29, 1.82) is 0 Å². The number of carboxylic acid groups (broad SMARTS) is 1. The van der Waals surface area contributed by atoms with Gasteiger partial charge in [0.1, 0.15) is 21.4 Å². The maximum atomic E-state index is 13.9. The zero-order chi connectivity index (χ0) is 31.2. The molecule has 234 valence electrons. The van der Waals surface area contributed by atoms with Crippen LogP contribution in [0.3, 0.4) is 0 Å². The van der Waals surface area contributed by atoms with Crippen LogP contribution in [0, 0.1) is 11.7 Å². The lowest BCUT2D eigenvalue weighted by Gasteiger charge is -2.44. The summed E-state index contributed by atoms with van der Waals surface area (Å²) in [5.41, 5.74) is 0.800. The molecule has 1 N–H and O–H groups in total. The van der Waals surface area contributed by atoms with Crippen LogP contribution in [0.5, 0.6) is 0 Å². The van der Waals surface area contributed by atoms with E-state index in [0.717, 1.165) is 53.9 Å². The van der Waals surface area contributed by atoms with Gasteiger partial charge in [-0.05, 0) is 54.7 Å². The summed E-state index contributed by atoms with van der Waals surface area (Å²) in [5.74, 6) is -4.84. The molecule has 14 heteroatoms. The van der Waals surface area contributed by atoms with Gasteiger partial charge in [-0.15, -0.1) is 11.3 Å². The van der Waals surface area contributed by atoms with Crippen LogP contribution in [0.1, 0.15) is 48.2 Å². The van der Waals surface area contributed by atoms with Gasteiger partial charge in [0.2, 0.25) is 15.9 Å². The Balaban J connectivity index is 1.32. The second-order valence-electron chi connectivity index (χ2n) is 11.5. The van der Waals surface area contributed by atoms with Gasteiger partial charge in [0, 0.05) is 30.6 Å². The number of halogens is 3. The first-order valence-corrected chi connectivity index (χ1v) is 16.7. The number of piperazine rings is 1. The van der Waals surface area contributed by atoms with Crippen molar-refractivity contribution in [2.45, 2.75) is 55.4 Å². The quantitative estimate of drug-likeness (QED) is 0.361. The Morgan fingerprint density at radius 3 is 2.41 bits per heavy atom. The number of alkyl halides is 2. The zero-order valence-electron chi connectivity index (χ0n) is 23.7. The van der Waals surface area contributed by atoms with Crippen LogP contribution in [0.15, 0.2) is 53.6 Å². The number of aromatic nitrogens is 1. The maximum Gasteiger partial charge on any atom is 0.348 e. The van der Waals surface area contributed by atoms with E-state index in [1.807, 2.05) is 0 Å². The summed E-state index contributed by atoms with van der Waals surface area (Å²) in [6, 6.07) is 9.34. The number of anilines is 2. The fraction of sp³-hybridized carbons (Fsp3) is 0.433. The Bertz CT molecular complexity index is 1660. The van der Waals surface area contributed by atoms with Gasteiger partial charge in [-0.1, -0.05) is 31.4 Å². The first kappa shape index (κ1) is 30.5. The Morgan fingerprint density at radius 2 is 1.80 bits per heavy atom. The number of sulfonamides is 1. The molecule has 2 aliphatic heterocycles. The Kier molecular flexibility index (Phi) is 8.18. The standard InChI is InChI=1S/C30H31F3N4O5S2/c31-21-8-6-20(7-9-21)25-14-23(28(43-25)29(39)40)37-24(19-4-2-1-3-5-19)16-36(17-27(37)38)44(41,42)22-10-11-26(34-15-22)35-13-12-30(32,33)18-35/h6-11,14-15,19,24H,1-5,12-13,16-18H2,(H,39,40)/t24-/m0/s1. The molecule has 9 nitrogen and oxygen atoms in total. The van der Waals surface area contributed by atoms with Crippen LogP contribution < -0.4 is 9.80 Å². The van der Waals surface area contributed by atoms with E-state index in [2.05, 4.69) is 4.98 Å². The highest BCUT2D eigenvalue weighted by molar-refractivity contribution is 7.89. The SMILES string of the molecule is O=C(O)c1sc(-c2ccc(F)cc2)cc1N1C(=O)CN(S(=O)(=O)c2ccc(N3CCC(F)(F)C3)nc2)C[C@H]1C1CCCCC1. The van der Waals surface area contributed by atoms with Gasteiger partial charge in [0.15, 0.2) is 0 Å². The Morgan fingerprint density at radius 1 is 1.07 bits per heavy atom. The van der Waals surface area contributed by atoms with Crippen molar-refractivity contribution in [1.82, 2.24) is 9.29 Å². The van der Waals surface area contributed by atoms with Crippen molar-refractivity contribution < 1.29 is 36.3 Å². The van der Waals surface area contributed by atoms with E-state index in [1.165, 1.54) is 46.2 Å². The largest absolute Gasteiger partial charge is 0.477 e. The molecule has 3 fully saturated rings. The number of benzene rings is 1. The van der Waals surface area contributed by atoms with Crippen molar-refractivity contribution in [2.24, 2.45) is 5.92 Å². The summed E-state index contributed by atoms with van der Waals surface area (Å²) < 4.78 is 69.6. The molecule has 0 spiro atoms. The molecule has 3 aromatic rings. The molecule has 1 amide bonds. The molecule has 0 radical (unpaired) electrons. The molecular weight excluding hydrogens is 617 g/mol. The summed E-state index contributed by atoms with van der Waals surface area (Å²) in [6.07, 6.45) is 5.19. The predicted molar refractivity (Wildman–Crippen MR) is 159 cm³/mol. The molecule has 4 heterocycles. The van der Waals surface area contributed by atoms with Crippen LogP contribution in [-0.4, -0.2) is 72.8 Å². The Hall–Kier alpha value is -3.49. The molecule has 2 saturated heterocycles. The van der Waals surface area contributed by atoms with Crippen LogP contribution in [-0.2, 0) is 14.8 Å². The third-order valence-corrected chi connectivity index (χ3v) is 11.6. The summed E-state index contributed by atoms with van der Waals surface area (Å²) in [6.45, 7) is -0.934. The molecule has 0 unspecified atom stereocenters. The minimum absolute atomic E-state index is 0.0420. The van der Waals surface area contributed by atoms with E-state index in [1.54, 1.807) is 6.07 Å². The molecule has 1 aromatic carbocycles. The number of carbonyl (C=O) groups excluding carboxylic acids is 1. The van der Waals surface area contributed by atoms with Crippen molar-refractivity contribution in [3.8, 4) is 10.4 Å². The number of rotatable bonds is 7. The van der Waals surface area contributed by atoms with E-state index in [4.69, 9.17) is 0 Å². The smallest absolute Gasteiger partial charge is 0.348 e. The topological polar surface area (TPSA) is 111 Å². The number of carbonyl (C=O) groups is 2. The number of hydrogen-bond donors (Lipinski definition) is 1. The second kappa shape index (κ2) is 11.8. The zero-order valence-corrected chi connectivity index (χ0v) is 25.3. The highest BCUT2D eigenvalue weighted by Gasteiger charge is 2.44. The normalized spacial score (nSPS) is 21.6. The van der Waals surface area contributed by atoms with Crippen LogP contribution in [0.25, 0.3) is 10.4 Å². The van der Waals surface area contributed by atoms with Crippen molar-refractivity contribution in [3.63, 3.8) is 0 Å². The lowest BCUT2D eigenvalue weighted by atomic mass is 9.82. The van der Waals surface area contributed by atoms with Gasteiger partial charge in [0.25, 0.3) is 5.92 Å². The van der Waals surface area contributed by atoms with Crippen LogP contribution in [0.2, 0.25) is 0 Å². The van der Waals surface area contributed by atoms with E-state index in [0.29, 0.717) is 10.4 Å². The lowest BCUT2D eigenvalue weighted by molar-refractivity contribution is -0.121. The molecule has 1 aliphatic carbocycles. The molecular formula is C30H31F3N4O5S2. The second-order valence-corrected chi connectivity index (χ2v) is 14.5. The molecule has 6 rings (SSSR count). The molecule has 2 aromatic heterocycles. The fourth-order valence-corrected chi connectivity index (χ4v) is 8.75. The van der Waals surface area contributed by atoms with Gasteiger partial charge < -0.3 is 14.9 Å². The lowest BCUT2D eigenvalue weighted by Crippen LogP contribution is -2.60. The first-order chi connectivity index (χ1) is 20.9. The number of pyridine rings is 1. The van der Waals surface area contributed by atoms with E-state index in [-0.39, 0.29) is 46.7 Å². The minimum atomic E-state index is -4.20. The molecule has 44 heavy (non-hydrogen) atoms. The predicted octanol–water partition coefficient (Wildman–Crippen LogP) is 5.48. The van der Waals surface area contributed by atoms with Crippen molar-refractivity contribution in [3.05, 3.63) is 59.4 Å². The molecule has 0 bridgehead atoms. The molecule has 1 saturated carbocycles. The number of amides is 1. The van der Waals surface area contributed by atoms with Crippen LogP contribution >= 0.6 is 11.3 Å². The molecule has 3 aliphatic rings. The van der Waals surface area contributed by atoms with Crippen molar-refractivity contribution in [2.75, 3.05) is 36.0 Å². The first-order valence-electron chi connectivity index (χ1n) is 14.5. The Labute approximate surface area is 257 Å². The van der Waals surface area contributed by atoms with E-state index in [9.17, 15) is 36.3 Å². The summed E-state index contributed by atoms with van der Waals surface area (Å²) >= 11 is 0.979. The van der Waals surface area contributed by atoms with Gasteiger partial charge >= 0.3 is 5.97 Å². The third kappa shape index (κ3) is 5.94. The maximum absolute atomic E-state index is 13.9. The van der Waals surface area contributed by atoms with Gasteiger partial charge in [-0.3, -0.25) is 4.79 Å². The number of nitrogens with zero attached hydrogens (tertiary/aromatic N) is 4. The number of aromatic carboxylic acids is 1. The highest BCUT2D eigenvalue weighted by Crippen LogP contribution is 2.42. The average Bonchev–Trinajstić information content (AvgIpc) is 3.61. The number of thiophene rings is 1. The number of carboxylic acids is 1. The highest BCUT2D eigenvalue weighted by atomic mass is 32.2. The van der Waals surface area contributed by atoms with E-state index >= 15 is 0 Å². The van der Waals surface area contributed by atoms with Crippen molar-refractivity contribution >= 4 is 44.7 Å². The molecule has 1 atom stereocenters. The summed E-state index contributed by atoms with van der Waals surface area (Å²) in [5, 5.41) is 10.1. The van der Waals surface area contributed by atoms with Gasteiger partial charge in [-0.25, -0.2) is 31.4 Å². The average molecular weight is 649 g/mol. The minimum Gasteiger partial charge on any atom is -0.477 e. The third-order valence-electron chi connectivity index (χ3n) is 8.64. The summed E-state index contributed by atoms with van der Waals surface area (Å²) in [4.78, 5) is 33.6. The van der Waals surface area contributed by atoms with Gasteiger partial charge in [0.05, 0.1) is 24.8 Å². The van der Waals surface area contributed by atoms with Crippen LogP contribution in [0.4, 0.5) is 24.7 Å². The monoisotopic (exact) mass is 648 g/mol.